The van der Waals surface area contributed by atoms with Crippen molar-refractivity contribution in [2.75, 3.05) is 19.8 Å². The second-order valence-electron chi connectivity index (χ2n) is 5.46. The van der Waals surface area contributed by atoms with Gasteiger partial charge in [0.1, 0.15) is 11.5 Å². The molecule has 0 spiro atoms. The molecule has 6 heteroatoms. The average Bonchev–Trinajstić information content (AvgIpc) is 2.89. The SMILES string of the molecule is CCOC(=O)c1c(C)[nH]c(C(=O)COc2ccc(OCC)cc2)c1C. The van der Waals surface area contributed by atoms with Gasteiger partial charge in [0, 0.05) is 5.69 Å². The minimum Gasteiger partial charge on any atom is -0.494 e. The molecule has 0 unspecified atom stereocenters. The minimum atomic E-state index is -0.430. The van der Waals surface area contributed by atoms with Crippen molar-refractivity contribution in [3.63, 3.8) is 0 Å². The van der Waals surface area contributed by atoms with Gasteiger partial charge in [-0.15, -0.1) is 0 Å². The maximum Gasteiger partial charge on any atom is 0.340 e. The summed E-state index contributed by atoms with van der Waals surface area (Å²) in [6, 6.07) is 7.06. The highest BCUT2D eigenvalue weighted by Gasteiger charge is 2.23. The molecular weight excluding hydrogens is 322 g/mol. The molecule has 0 atom stereocenters. The summed E-state index contributed by atoms with van der Waals surface area (Å²) >= 11 is 0. The van der Waals surface area contributed by atoms with Crippen LogP contribution in [0.25, 0.3) is 0 Å². The fourth-order valence-corrected chi connectivity index (χ4v) is 2.56. The van der Waals surface area contributed by atoms with E-state index in [4.69, 9.17) is 14.2 Å². The van der Waals surface area contributed by atoms with Crippen molar-refractivity contribution in [1.82, 2.24) is 4.98 Å². The Morgan fingerprint density at radius 1 is 0.960 bits per heavy atom. The van der Waals surface area contributed by atoms with Crippen molar-refractivity contribution in [2.24, 2.45) is 0 Å². The molecule has 25 heavy (non-hydrogen) atoms. The van der Waals surface area contributed by atoms with Gasteiger partial charge in [0.2, 0.25) is 5.78 Å². The van der Waals surface area contributed by atoms with Gasteiger partial charge in [0.15, 0.2) is 6.61 Å². The Bertz CT molecular complexity index is 746. The summed E-state index contributed by atoms with van der Waals surface area (Å²) in [7, 11) is 0. The van der Waals surface area contributed by atoms with E-state index in [9.17, 15) is 9.59 Å². The second kappa shape index (κ2) is 8.37. The maximum atomic E-state index is 12.4. The van der Waals surface area contributed by atoms with Gasteiger partial charge in [-0.2, -0.15) is 0 Å². The van der Waals surface area contributed by atoms with E-state index in [0.717, 1.165) is 5.75 Å². The number of nitrogens with one attached hydrogen (secondary N) is 1. The largest absolute Gasteiger partial charge is 0.494 e. The smallest absolute Gasteiger partial charge is 0.340 e. The standard InChI is InChI=1S/C19H23NO5/c1-5-23-14-7-9-15(10-8-14)25-11-16(21)18-12(3)17(13(4)20-18)19(22)24-6-2/h7-10,20H,5-6,11H2,1-4H3. The van der Waals surface area contributed by atoms with Crippen LogP contribution >= 0.6 is 0 Å². The summed E-state index contributed by atoms with van der Waals surface area (Å²) in [5, 5.41) is 0. The van der Waals surface area contributed by atoms with Crippen LogP contribution in [0.2, 0.25) is 0 Å². The van der Waals surface area contributed by atoms with Crippen molar-refractivity contribution in [3.05, 3.63) is 46.8 Å². The monoisotopic (exact) mass is 345 g/mol. The van der Waals surface area contributed by atoms with Gasteiger partial charge in [-0.3, -0.25) is 4.79 Å². The van der Waals surface area contributed by atoms with Crippen LogP contribution in [-0.4, -0.2) is 36.6 Å². The molecule has 0 bridgehead atoms. The first-order valence-corrected chi connectivity index (χ1v) is 8.23. The third-order valence-corrected chi connectivity index (χ3v) is 3.70. The van der Waals surface area contributed by atoms with E-state index in [-0.39, 0.29) is 19.0 Å². The van der Waals surface area contributed by atoms with Crippen LogP contribution in [0.5, 0.6) is 11.5 Å². The summed E-state index contributed by atoms with van der Waals surface area (Å²) in [6.45, 7) is 7.86. The topological polar surface area (TPSA) is 77.6 Å². The Balaban J connectivity index is 2.06. The molecule has 1 aromatic carbocycles. The van der Waals surface area contributed by atoms with E-state index in [1.165, 1.54) is 0 Å². The molecule has 1 aromatic heterocycles. The molecule has 1 N–H and O–H groups in total. The van der Waals surface area contributed by atoms with Crippen molar-refractivity contribution in [1.29, 1.82) is 0 Å². The van der Waals surface area contributed by atoms with E-state index in [0.29, 0.717) is 34.9 Å². The summed E-state index contributed by atoms with van der Waals surface area (Å²) in [5.74, 6) is 0.657. The molecule has 0 amide bonds. The third-order valence-electron chi connectivity index (χ3n) is 3.70. The Kier molecular flexibility index (Phi) is 6.22. The van der Waals surface area contributed by atoms with E-state index in [2.05, 4.69) is 4.98 Å². The quantitative estimate of drug-likeness (QED) is 0.585. The summed E-state index contributed by atoms with van der Waals surface area (Å²) in [5.41, 5.74) is 1.97. The Labute approximate surface area is 147 Å². The minimum absolute atomic E-state index is 0.128. The van der Waals surface area contributed by atoms with Crippen LogP contribution in [-0.2, 0) is 4.74 Å². The number of ketones is 1. The normalized spacial score (nSPS) is 10.4. The lowest BCUT2D eigenvalue weighted by Crippen LogP contribution is -2.13. The highest BCUT2D eigenvalue weighted by atomic mass is 16.5. The highest BCUT2D eigenvalue weighted by molar-refractivity contribution is 6.02. The van der Waals surface area contributed by atoms with Crippen LogP contribution in [0, 0.1) is 13.8 Å². The number of H-pyrrole nitrogens is 1. The Morgan fingerprint density at radius 3 is 2.12 bits per heavy atom. The first kappa shape index (κ1) is 18.6. The lowest BCUT2D eigenvalue weighted by atomic mass is 10.1. The number of hydrogen-bond donors (Lipinski definition) is 1. The van der Waals surface area contributed by atoms with Gasteiger partial charge in [0.25, 0.3) is 0 Å². The zero-order chi connectivity index (χ0) is 18.4. The summed E-state index contributed by atoms with van der Waals surface area (Å²) in [4.78, 5) is 27.4. The van der Waals surface area contributed by atoms with Crippen molar-refractivity contribution in [2.45, 2.75) is 27.7 Å². The maximum absolute atomic E-state index is 12.4. The highest BCUT2D eigenvalue weighted by Crippen LogP contribution is 2.21. The first-order valence-electron chi connectivity index (χ1n) is 8.23. The van der Waals surface area contributed by atoms with Crippen LogP contribution in [0.3, 0.4) is 0 Å². The number of hydrogen-bond acceptors (Lipinski definition) is 5. The van der Waals surface area contributed by atoms with Crippen molar-refractivity contribution < 1.29 is 23.8 Å². The number of benzene rings is 1. The summed E-state index contributed by atoms with van der Waals surface area (Å²) < 4.78 is 15.9. The molecule has 2 aromatic rings. The van der Waals surface area contributed by atoms with Crippen LogP contribution in [0.4, 0.5) is 0 Å². The van der Waals surface area contributed by atoms with Crippen molar-refractivity contribution >= 4 is 11.8 Å². The molecular formula is C19H23NO5. The number of Topliss-reactive ketones (excluding diaryl/α,β-unsaturated/α-hetero) is 1. The number of aromatic amines is 1. The Hall–Kier alpha value is -2.76. The Morgan fingerprint density at radius 2 is 1.56 bits per heavy atom. The number of esters is 1. The fourth-order valence-electron chi connectivity index (χ4n) is 2.56. The van der Waals surface area contributed by atoms with Gasteiger partial charge in [-0.05, 0) is 57.5 Å². The molecule has 0 radical (unpaired) electrons. The number of carbonyl (C=O) groups excluding carboxylic acids is 2. The predicted molar refractivity (Wildman–Crippen MR) is 93.7 cm³/mol. The fraction of sp³-hybridized carbons (Fsp3) is 0.368. The third kappa shape index (κ3) is 4.41. The van der Waals surface area contributed by atoms with Gasteiger partial charge >= 0.3 is 5.97 Å². The van der Waals surface area contributed by atoms with Crippen LogP contribution in [0.1, 0.15) is 46.0 Å². The molecule has 6 nitrogen and oxygen atoms in total. The van der Waals surface area contributed by atoms with Crippen LogP contribution < -0.4 is 9.47 Å². The molecule has 1 heterocycles. The molecule has 2 rings (SSSR count). The number of carbonyl (C=O) groups is 2. The first-order chi connectivity index (χ1) is 12.0. The molecule has 0 aliphatic rings. The van der Waals surface area contributed by atoms with E-state index < -0.39 is 5.97 Å². The number of ether oxygens (including phenoxy) is 3. The second-order valence-corrected chi connectivity index (χ2v) is 5.46. The van der Waals surface area contributed by atoms with Gasteiger partial charge < -0.3 is 19.2 Å². The lowest BCUT2D eigenvalue weighted by molar-refractivity contribution is 0.0525. The number of rotatable bonds is 8. The molecule has 0 aliphatic carbocycles. The summed E-state index contributed by atoms with van der Waals surface area (Å²) in [6.07, 6.45) is 0. The van der Waals surface area contributed by atoms with E-state index in [1.807, 2.05) is 6.92 Å². The number of aryl methyl sites for hydroxylation is 1. The molecule has 0 saturated heterocycles. The lowest BCUT2D eigenvalue weighted by Gasteiger charge is -2.07. The molecule has 0 fully saturated rings. The molecule has 0 aliphatic heterocycles. The molecule has 134 valence electrons. The zero-order valence-corrected chi connectivity index (χ0v) is 15.0. The van der Waals surface area contributed by atoms with E-state index in [1.54, 1.807) is 45.0 Å². The number of aromatic nitrogens is 1. The van der Waals surface area contributed by atoms with Gasteiger partial charge in [0.05, 0.1) is 24.5 Å². The van der Waals surface area contributed by atoms with Crippen LogP contribution in [0.15, 0.2) is 24.3 Å². The van der Waals surface area contributed by atoms with Gasteiger partial charge in [-0.25, -0.2) is 4.79 Å². The van der Waals surface area contributed by atoms with Gasteiger partial charge in [-0.1, -0.05) is 0 Å². The van der Waals surface area contributed by atoms with Crippen molar-refractivity contribution in [3.8, 4) is 11.5 Å². The predicted octanol–water partition coefficient (Wildman–Crippen LogP) is 3.47. The zero-order valence-electron chi connectivity index (χ0n) is 15.0. The molecule has 0 saturated carbocycles. The van der Waals surface area contributed by atoms with E-state index >= 15 is 0 Å². The average molecular weight is 345 g/mol.